The second kappa shape index (κ2) is 9.77. The van der Waals surface area contributed by atoms with Gasteiger partial charge in [0, 0.05) is 36.6 Å². The molecular formula is C15H27N3OS. The molecule has 20 heavy (non-hydrogen) atoms. The van der Waals surface area contributed by atoms with Gasteiger partial charge >= 0.3 is 0 Å². The highest BCUT2D eigenvalue weighted by atomic mass is 32.1. The van der Waals surface area contributed by atoms with Crippen LogP contribution in [0.3, 0.4) is 0 Å². The normalized spacial score (nSPS) is 11.9. The molecule has 0 spiro atoms. The lowest BCUT2D eigenvalue weighted by atomic mass is 10.2. The smallest absolute Gasteiger partial charge is 0.191 e. The molecule has 0 aliphatic rings. The Labute approximate surface area is 126 Å². The second-order valence-electron chi connectivity index (χ2n) is 5.19. The van der Waals surface area contributed by atoms with E-state index in [2.05, 4.69) is 48.5 Å². The SMILES string of the molecule is CN=C(NCCCOCC(C)C)NCc1ccc(C)s1. The van der Waals surface area contributed by atoms with Crippen molar-refractivity contribution in [1.82, 2.24) is 10.6 Å². The van der Waals surface area contributed by atoms with Crippen LogP contribution in [0.4, 0.5) is 0 Å². The Kier molecular flexibility index (Phi) is 8.30. The Balaban J connectivity index is 2.11. The van der Waals surface area contributed by atoms with Gasteiger partial charge in [-0.1, -0.05) is 13.8 Å². The van der Waals surface area contributed by atoms with Crippen molar-refractivity contribution in [2.45, 2.75) is 33.7 Å². The molecule has 0 aliphatic heterocycles. The number of nitrogens with one attached hydrogen (secondary N) is 2. The summed E-state index contributed by atoms with van der Waals surface area (Å²) in [5.74, 6) is 1.45. The summed E-state index contributed by atoms with van der Waals surface area (Å²) < 4.78 is 5.54. The van der Waals surface area contributed by atoms with E-state index in [1.807, 2.05) is 11.3 Å². The molecule has 1 rings (SSSR count). The quantitative estimate of drug-likeness (QED) is 0.440. The number of guanidine groups is 1. The maximum atomic E-state index is 5.54. The highest BCUT2D eigenvalue weighted by Crippen LogP contribution is 2.14. The summed E-state index contributed by atoms with van der Waals surface area (Å²) in [6.07, 6.45) is 0.992. The predicted molar refractivity (Wildman–Crippen MR) is 87.5 cm³/mol. The maximum Gasteiger partial charge on any atom is 0.191 e. The van der Waals surface area contributed by atoms with E-state index in [4.69, 9.17) is 4.74 Å². The summed E-state index contributed by atoms with van der Waals surface area (Å²) in [5.41, 5.74) is 0. The molecule has 1 aromatic rings. The molecule has 0 atom stereocenters. The third kappa shape index (κ3) is 7.50. The molecule has 0 amide bonds. The zero-order chi connectivity index (χ0) is 14.8. The highest BCUT2D eigenvalue weighted by molar-refractivity contribution is 7.11. The Hall–Kier alpha value is -1.07. The van der Waals surface area contributed by atoms with Crippen molar-refractivity contribution >= 4 is 17.3 Å². The molecule has 1 aromatic heterocycles. The van der Waals surface area contributed by atoms with E-state index in [1.165, 1.54) is 9.75 Å². The second-order valence-corrected chi connectivity index (χ2v) is 6.56. The first-order chi connectivity index (χ1) is 9.61. The van der Waals surface area contributed by atoms with Crippen LogP contribution in [-0.4, -0.2) is 32.8 Å². The number of aryl methyl sites for hydroxylation is 1. The first-order valence-electron chi connectivity index (χ1n) is 7.19. The van der Waals surface area contributed by atoms with Gasteiger partial charge in [-0.3, -0.25) is 4.99 Å². The molecule has 0 bridgehead atoms. The van der Waals surface area contributed by atoms with Gasteiger partial charge in [-0.15, -0.1) is 11.3 Å². The summed E-state index contributed by atoms with van der Waals surface area (Å²) in [6.45, 7) is 9.78. The van der Waals surface area contributed by atoms with Gasteiger partial charge in [0.25, 0.3) is 0 Å². The van der Waals surface area contributed by atoms with Crippen LogP contribution in [0.1, 0.15) is 30.0 Å². The minimum absolute atomic E-state index is 0.603. The summed E-state index contributed by atoms with van der Waals surface area (Å²) in [6, 6.07) is 4.30. The number of nitrogens with zero attached hydrogens (tertiary/aromatic N) is 1. The third-order valence-electron chi connectivity index (χ3n) is 2.66. The third-order valence-corrected chi connectivity index (χ3v) is 3.66. The van der Waals surface area contributed by atoms with E-state index < -0.39 is 0 Å². The van der Waals surface area contributed by atoms with Gasteiger partial charge in [-0.05, 0) is 31.4 Å². The topological polar surface area (TPSA) is 45.7 Å². The molecule has 5 heteroatoms. The van der Waals surface area contributed by atoms with Gasteiger partial charge in [-0.2, -0.15) is 0 Å². The van der Waals surface area contributed by atoms with E-state index >= 15 is 0 Å². The molecule has 0 aromatic carbocycles. The van der Waals surface area contributed by atoms with Gasteiger partial charge in [0.05, 0.1) is 6.54 Å². The average Bonchev–Trinajstić information content (AvgIpc) is 2.82. The molecule has 1 heterocycles. The monoisotopic (exact) mass is 297 g/mol. The van der Waals surface area contributed by atoms with Gasteiger partial charge in [0.2, 0.25) is 0 Å². The number of aliphatic imine (C=N–C) groups is 1. The number of thiophene rings is 1. The fourth-order valence-electron chi connectivity index (χ4n) is 1.67. The van der Waals surface area contributed by atoms with Crippen molar-refractivity contribution in [1.29, 1.82) is 0 Å². The van der Waals surface area contributed by atoms with Crippen LogP contribution in [0.2, 0.25) is 0 Å². The van der Waals surface area contributed by atoms with Crippen LogP contribution >= 0.6 is 11.3 Å². The van der Waals surface area contributed by atoms with Crippen LogP contribution in [-0.2, 0) is 11.3 Å². The predicted octanol–water partition coefficient (Wildman–Crippen LogP) is 2.78. The number of hydrogen-bond acceptors (Lipinski definition) is 3. The summed E-state index contributed by atoms with van der Waals surface area (Å²) in [5, 5.41) is 6.61. The van der Waals surface area contributed by atoms with Crippen molar-refractivity contribution in [2.24, 2.45) is 10.9 Å². The van der Waals surface area contributed by atoms with Crippen molar-refractivity contribution in [2.75, 3.05) is 26.8 Å². The fourth-order valence-corrected chi connectivity index (χ4v) is 2.50. The van der Waals surface area contributed by atoms with Crippen LogP contribution in [0, 0.1) is 12.8 Å². The van der Waals surface area contributed by atoms with Crippen LogP contribution in [0.5, 0.6) is 0 Å². The van der Waals surface area contributed by atoms with E-state index in [9.17, 15) is 0 Å². The largest absolute Gasteiger partial charge is 0.381 e. The summed E-state index contributed by atoms with van der Waals surface area (Å²) in [7, 11) is 1.80. The molecule has 114 valence electrons. The maximum absolute atomic E-state index is 5.54. The first kappa shape index (κ1) is 17.0. The van der Waals surface area contributed by atoms with Gasteiger partial charge in [0.1, 0.15) is 0 Å². The first-order valence-corrected chi connectivity index (χ1v) is 8.01. The summed E-state index contributed by atoms with van der Waals surface area (Å²) in [4.78, 5) is 6.88. The standard InChI is InChI=1S/C15H27N3OS/c1-12(2)11-19-9-5-8-17-15(16-4)18-10-14-7-6-13(3)20-14/h6-7,12H,5,8-11H2,1-4H3,(H2,16,17,18). The van der Waals surface area contributed by atoms with E-state index in [0.717, 1.165) is 38.7 Å². The number of ether oxygens (including phenoxy) is 1. The molecule has 0 fully saturated rings. The minimum Gasteiger partial charge on any atom is -0.381 e. The lowest BCUT2D eigenvalue weighted by Gasteiger charge is -2.11. The molecule has 0 saturated heterocycles. The van der Waals surface area contributed by atoms with Gasteiger partial charge < -0.3 is 15.4 Å². The molecule has 0 saturated carbocycles. The van der Waals surface area contributed by atoms with Crippen LogP contribution in [0.25, 0.3) is 0 Å². The highest BCUT2D eigenvalue weighted by Gasteiger charge is 2.00. The van der Waals surface area contributed by atoms with Crippen molar-refractivity contribution < 1.29 is 4.74 Å². The Morgan fingerprint density at radius 3 is 2.75 bits per heavy atom. The van der Waals surface area contributed by atoms with E-state index in [1.54, 1.807) is 7.05 Å². The lowest BCUT2D eigenvalue weighted by molar-refractivity contribution is 0.108. The van der Waals surface area contributed by atoms with Crippen molar-refractivity contribution in [3.63, 3.8) is 0 Å². The molecule has 4 nitrogen and oxygen atoms in total. The zero-order valence-electron chi connectivity index (χ0n) is 13.0. The molecule has 0 unspecified atom stereocenters. The molecule has 0 aliphatic carbocycles. The minimum atomic E-state index is 0.603. The van der Waals surface area contributed by atoms with Crippen LogP contribution < -0.4 is 10.6 Å². The average molecular weight is 297 g/mol. The van der Waals surface area contributed by atoms with Crippen molar-refractivity contribution in [3.05, 3.63) is 21.9 Å². The van der Waals surface area contributed by atoms with Gasteiger partial charge in [-0.25, -0.2) is 0 Å². The lowest BCUT2D eigenvalue weighted by Crippen LogP contribution is -2.37. The van der Waals surface area contributed by atoms with E-state index in [0.29, 0.717) is 5.92 Å². The summed E-state index contributed by atoms with van der Waals surface area (Å²) >= 11 is 1.81. The van der Waals surface area contributed by atoms with Crippen LogP contribution in [0.15, 0.2) is 17.1 Å². The fraction of sp³-hybridized carbons (Fsp3) is 0.667. The Morgan fingerprint density at radius 2 is 2.15 bits per heavy atom. The number of rotatable bonds is 8. The Morgan fingerprint density at radius 1 is 1.35 bits per heavy atom. The number of hydrogen-bond donors (Lipinski definition) is 2. The molecule has 2 N–H and O–H groups in total. The van der Waals surface area contributed by atoms with E-state index in [-0.39, 0.29) is 0 Å². The zero-order valence-corrected chi connectivity index (χ0v) is 13.8. The van der Waals surface area contributed by atoms with Crippen molar-refractivity contribution in [3.8, 4) is 0 Å². The molecule has 0 radical (unpaired) electrons. The van der Waals surface area contributed by atoms with Gasteiger partial charge in [0.15, 0.2) is 5.96 Å². The Bertz CT molecular complexity index is 402. The molecular weight excluding hydrogens is 270 g/mol.